The van der Waals surface area contributed by atoms with Gasteiger partial charge in [0.1, 0.15) is 0 Å². The monoisotopic (exact) mass is 348 g/mol. The molecular formula is C20H13ClN2O2. The van der Waals surface area contributed by atoms with Crippen LogP contribution in [0.3, 0.4) is 0 Å². The van der Waals surface area contributed by atoms with E-state index >= 15 is 0 Å². The second-order valence-corrected chi connectivity index (χ2v) is 6.02. The molecule has 4 rings (SSSR count). The van der Waals surface area contributed by atoms with E-state index in [0.29, 0.717) is 27.3 Å². The average Bonchev–Trinajstić information content (AvgIpc) is 2.64. The smallest absolute Gasteiger partial charge is 0.268 e. The largest absolute Gasteiger partial charge is 0.340 e. The van der Waals surface area contributed by atoms with E-state index < -0.39 is 5.69 Å². The van der Waals surface area contributed by atoms with Crippen LogP contribution in [0.5, 0.6) is 0 Å². The lowest BCUT2D eigenvalue weighted by Gasteiger charge is -2.14. The van der Waals surface area contributed by atoms with Crippen LogP contribution >= 0.6 is 11.6 Å². The number of aromatic nitrogens is 2. The number of fused-ring (bicyclic) bond motifs is 1. The van der Waals surface area contributed by atoms with Crippen LogP contribution in [0, 0.1) is 0 Å². The topological polar surface area (TPSA) is 44.0 Å². The predicted octanol–water partition coefficient (Wildman–Crippen LogP) is 3.80. The molecule has 4 nitrogen and oxygen atoms in total. The van der Waals surface area contributed by atoms with Crippen LogP contribution in [0.4, 0.5) is 0 Å². The van der Waals surface area contributed by atoms with Crippen molar-refractivity contribution in [1.82, 2.24) is 9.13 Å². The summed E-state index contributed by atoms with van der Waals surface area (Å²) in [5.74, 6) is 0. The number of halogens is 1. The van der Waals surface area contributed by atoms with Gasteiger partial charge in [-0.25, -0.2) is 9.36 Å². The molecular weight excluding hydrogens is 336 g/mol. The molecule has 1 heterocycles. The maximum atomic E-state index is 13.2. The average molecular weight is 349 g/mol. The molecule has 0 atom stereocenters. The Labute approximate surface area is 148 Å². The highest BCUT2D eigenvalue weighted by molar-refractivity contribution is 6.30. The number of hydrogen-bond acceptors (Lipinski definition) is 2. The fourth-order valence-electron chi connectivity index (χ4n) is 2.90. The Morgan fingerprint density at radius 1 is 0.640 bits per heavy atom. The molecule has 0 spiro atoms. The summed E-state index contributed by atoms with van der Waals surface area (Å²) < 4.78 is 2.72. The lowest BCUT2D eigenvalue weighted by Crippen LogP contribution is -2.38. The van der Waals surface area contributed by atoms with Crippen LogP contribution in [0.25, 0.3) is 22.3 Å². The van der Waals surface area contributed by atoms with E-state index in [9.17, 15) is 9.59 Å². The molecule has 0 N–H and O–H groups in total. The minimum atomic E-state index is -0.419. The van der Waals surface area contributed by atoms with Crippen molar-refractivity contribution >= 4 is 22.5 Å². The van der Waals surface area contributed by atoms with Gasteiger partial charge in [-0.05, 0) is 48.5 Å². The van der Waals surface area contributed by atoms with Gasteiger partial charge >= 0.3 is 5.69 Å². The summed E-state index contributed by atoms with van der Waals surface area (Å²) in [6.07, 6.45) is 0. The van der Waals surface area contributed by atoms with Crippen LogP contribution in [-0.4, -0.2) is 9.13 Å². The van der Waals surface area contributed by atoms with Crippen LogP contribution in [-0.2, 0) is 0 Å². The highest BCUT2D eigenvalue weighted by Crippen LogP contribution is 2.16. The third-order valence-corrected chi connectivity index (χ3v) is 4.31. The van der Waals surface area contributed by atoms with Gasteiger partial charge in [0, 0.05) is 5.02 Å². The van der Waals surface area contributed by atoms with Gasteiger partial charge in [-0.3, -0.25) is 9.36 Å². The van der Waals surface area contributed by atoms with Crippen molar-refractivity contribution < 1.29 is 0 Å². The van der Waals surface area contributed by atoms with E-state index in [1.807, 2.05) is 36.4 Å². The van der Waals surface area contributed by atoms with Crippen molar-refractivity contribution in [2.75, 3.05) is 0 Å². The molecule has 0 aliphatic heterocycles. The number of nitrogens with zero attached hydrogens (tertiary/aromatic N) is 2. The normalized spacial score (nSPS) is 10.9. The lowest BCUT2D eigenvalue weighted by molar-refractivity contribution is 0.835. The van der Waals surface area contributed by atoms with Gasteiger partial charge < -0.3 is 0 Å². The van der Waals surface area contributed by atoms with E-state index in [0.717, 1.165) is 0 Å². The molecule has 0 radical (unpaired) electrons. The zero-order valence-corrected chi connectivity index (χ0v) is 13.9. The summed E-state index contributed by atoms with van der Waals surface area (Å²) in [4.78, 5) is 26.1. The number of rotatable bonds is 2. The zero-order valence-electron chi connectivity index (χ0n) is 13.1. The van der Waals surface area contributed by atoms with Gasteiger partial charge in [-0.15, -0.1) is 0 Å². The maximum Gasteiger partial charge on any atom is 0.340 e. The Morgan fingerprint density at radius 2 is 1.24 bits per heavy atom. The molecule has 0 aliphatic carbocycles. The third-order valence-electron chi connectivity index (χ3n) is 4.06. The van der Waals surface area contributed by atoms with E-state index in [1.165, 1.54) is 4.57 Å². The first-order valence-electron chi connectivity index (χ1n) is 7.75. The molecule has 3 aromatic carbocycles. The van der Waals surface area contributed by atoms with Crippen molar-refractivity contribution in [1.29, 1.82) is 0 Å². The minimum Gasteiger partial charge on any atom is -0.268 e. The third kappa shape index (κ3) is 2.57. The molecule has 0 amide bonds. The van der Waals surface area contributed by atoms with Crippen LogP contribution in [0.15, 0.2) is 88.5 Å². The number of hydrogen-bond donors (Lipinski definition) is 0. The molecule has 0 saturated carbocycles. The second-order valence-electron chi connectivity index (χ2n) is 5.59. The van der Waals surface area contributed by atoms with Gasteiger partial charge in [-0.2, -0.15) is 0 Å². The molecule has 4 aromatic rings. The zero-order chi connectivity index (χ0) is 17.4. The minimum absolute atomic E-state index is 0.352. The second kappa shape index (κ2) is 6.07. The predicted molar refractivity (Wildman–Crippen MR) is 100 cm³/mol. The molecule has 1 aromatic heterocycles. The molecule has 0 aliphatic rings. The summed E-state index contributed by atoms with van der Waals surface area (Å²) in [5.41, 5.74) is 0.988. The molecule has 0 unspecified atom stereocenters. The molecule has 5 heteroatoms. The molecule has 122 valence electrons. The SMILES string of the molecule is O=c1c2ccccc2n(-c2ccccc2)c(=O)n1-c1ccc(Cl)cc1. The summed E-state index contributed by atoms with van der Waals surface area (Å²) >= 11 is 5.93. The highest BCUT2D eigenvalue weighted by atomic mass is 35.5. The van der Waals surface area contributed by atoms with E-state index in [2.05, 4.69) is 0 Å². The van der Waals surface area contributed by atoms with E-state index in [-0.39, 0.29) is 5.56 Å². The summed E-state index contributed by atoms with van der Waals surface area (Å²) in [6, 6.07) is 23.0. The van der Waals surface area contributed by atoms with Crippen LogP contribution in [0.1, 0.15) is 0 Å². The van der Waals surface area contributed by atoms with Crippen molar-refractivity contribution in [3.63, 3.8) is 0 Å². The van der Waals surface area contributed by atoms with E-state index in [1.54, 1.807) is 47.0 Å². The fraction of sp³-hybridized carbons (Fsp3) is 0. The molecule has 0 saturated heterocycles. The Hall–Kier alpha value is -3.11. The van der Waals surface area contributed by atoms with Crippen molar-refractivity contribution in [3.8, 4) is 11.4 Å². The number of para-hydroxylation sites is 2. The Balaban J connectivity index is 2.17. The summed E-state index contributed by atoms with van der Waals surface area (Å²) in [5, 5.41) is 1.02. The standard InChI is InChI=1S/C20H13ClN2O2/c21-14-10-12-16(13-11-14)23-19(24)17-8-4-5-9-18(17)22(20(23)25)15-6-2-1-3-7-15/h1-13H. The molecule has 25 heavy (non-hydrogen) atoms. The van der Waals surface area contributed by atoms with Gasteiger partial charge in [0.05, 0.1) is 22.3 Å². The van der Waals surface area contributed by atoms with Crippen LogP contribution < -0.4 is 11.2 Å². The summed E-state index contributed by atoms with van der Waals surface area (Å²) in [7, 11) is 0. The number of benzene rings is 3. The Bertz CT molecular complexity index is 1180. The first-order valence-corrected chi connectivity index (χ1v) is 8.13. The van der Waals surface area contributed by atoms with Crippen molar-refractivity contribution in [2.45, 2.75) is 0 Å². The fourth-order valence-corrected chi connectivity index (χ4v) is 3.03. The van der Waals surface area contributed by atoms with Crippen molar-refractivity contribution in [3.05, 3.63) is 105 Å². The maximum absolute atomic E-state index is 13.2. The summed E-state index contributed by atoms with van der Waals surface area (Å²) in [6.45, 7) is 0. The highest BCUT2D eigenvalue weighted by Gasteiger charge is 2.15. The van der Waals surface area contributed by atoms with Gasteiger partial charge in [0.25, 0.3) is 5.56 Å². The molecule has 0 bridgehead atoms. The Kier molecular flexibility index (Phi) is 3.75. The quantitative estimate of drug-likeness (QED) is 0.553. The van der Waals surface area contributed by atoms with E-state index in [4.69, 9.17) is 11.6 Å². The first-order chi connectivity index (χ1) is 12.2. The lowest BCUT2D eigenvalue weighted by atomic mass is 10.2. The Morgan fingerprint density at radius 3 is 1.96 bits per heavy atom. The first kappa shape index (κ1) is 15.4. The van der Waals surface area contributed by atoms with Gasteiger partial charge in [0.2, 0.25) is 0 Å². The van der Waals surface area contributed by atoms with Crippen LogP contribution in [0.2, 0.25) is 5.02 Å². The molecule has 0 fully saturated rings. The van der Waals surface area contributed by atoms with Crippen molar-refractivity contribution in [2.24, 2.45) is 0 Å². The van der Waals surface area contributed by atoms with Gasteiger partial charge in [0.15, 0.2) is 0 Å². The van der Waals surface area contributed by atoms with Gasteiger partial charge in [-0.1, -0.05) is 41.9 Å².